The van der Waals surface area contributed by atoms with Crippen LogP contribution in [0, 0.1) is 0 Å². The summed E-state index contributed by atoms with van der Waals surface area (Å²) >= 11 is 0. The highest BCUT2D eigenvalue weighted by Crippen LogP contribution is 2.18. The van der Waals surface area contributed by atoms with E-state index in [1.54, 1.807) is 12.5 Å². The number of hydrogen-bond acceptors (Lipinski definition) is 4. The maximum absolute atomic E-state index is 11.6. The fourth-order valence-corrected chi connectivity index (χ4v) is 2.18. The van der Waals surface area contributed by atoms with E-state index in [9.17, 15) is 9.59 Å². The molecule has 0 saturated carbocycles. The van der Waals surface area contributed by atoms with Gasteiger partial charge in [0.2, 0.25) is 5.91 Å². The highest BCUT2D eigenvalue weighted by atomic mass is 16.2. The summed E-state index contributed by atoms with van der Waals surface area (Å²) < 4.78 is 1.90. The summed E-state index contributed by atoms with van der Waals surface area (Å²) in [7, 11) is 0. The number of nitrogens with zero attached hydrogens (tertiary/aromatic N) is 3. The molecule has 1 aliphatic heterocycles. The monoisotopic (exact) mass is 282 g/mol. The minimum Gasteiger partial charge on any atom is -0.357 e. The SMILES string of the molecule is CC(=O)N1CC(Nc2ccc(-n3ccnc3)cc2)=CC1=O. The number of nitrogens with one attached hydrogen (secondary N) is 1. The molecule has 0 aliphatic carbocycles. The number of amides is 2. The number of carbonyl (C=O) groups is 2. The zero-order chi connectivity index (χ0) is 14.8. The Labute approximate surface area is 121 Å². The molecule has 1 aliphatic rings. The average Bonchev–Trinajstić information content (AvgIpc) is 3.09. The van der Waals surface area contributed by atoms with E-state index < -0.39 is 0 Å². The first-order valence-electron chi connectivity index (χ1n) is 6.51. The third kappa shape index (κ3) is 2.69. The van der Waals surface area contributed by atoms with Crippen molar-refractivity contribution in [3.63, 3.8) is 0 Å². The van der Waals surface area contributed by atoms with Gasteiger partial charge in [-0.2, -0.15) is 0 Å². The van der Waals surface area contributed by atoms with Crippen LogP contribution >= 0.6 is 0 Å². The zero-order valence-electron chi connectivity index (χ0n) is 11.5. The van der Waals surface area contributed by atoms with Gasteiger partial charge >= 0.3 is 0 Å². The number of imidazole rings is 1. The second-order valence-corrected chi connectivity index (χ2v) is 4.75. The molecule has 2 aromatic rings. The Bertz CT molecular complexity index is 702. The van der Waals surface area contributed by atoms with Gasteiger partial charge in [-0.25, -0.2) is 4.98 Å². The Morgan fingerprint density at radius 3 is 2.62 bits per heavy atom. The van der Waals surface area contributed by atoms with Crippen molar-refractivity contribution in [1.82, 2.24) is 14.5 Å². The molecule has 0 spiro atoms. The topological polar surface area (TPSA) is 67.2 Å². The molecule has 0 atom stereocenters. The van der Waals surface area contributed by atoms with Gasteiger partial charge in [0.15, 0.2) is 0 Å². The van der Waals surface area contributed by atoms with E-state index in [2.05, 4.69) is 10.3 Å². The molecule has 1 aromatic heterocycles. The third-order valence-electron chi connectivity index (χ3n) is 3.25. The van der Waals surface area contributed by atoms with Crippen LogP contribution in [0.2, 0.25) is 0 Å². The molecular weight excluding hydrogens is 268 g/mol. The lowest BCUT2D eigenvalue weighted by Gasteiger charge is -2.13. The number of rotatable bonds is 3. The molecule has 3 rings (SSSR count). The number of aromatic nitrogens is 2. The summed E-state index contributed by atoms with van der Waals surface area (Å²) in [6.45, 7) is 1.67. The molecule has 6 nitrogen and oxygen atoms in total. The molecule has 6 heteroatoms. The van der Waals surface area contributed by atoms with Gasteiger partial charge in [0.25, 0.3) is 5.91 Å². The first-order valence-corrected chi connectivity index (χ1v) is 6.51. The molecule has 1 aromatic carbocycles. The third-order valence-corrected chi connectivity index (χ3v) is 3.25. The molecule has 21 heavy (non-hydrogen) atoms. The van der Waals surface area contributed by atoms with Crippen LogP contribution in [-0.2, 0) is 9.59 Å². The number of anilines is 1. The Kier molecular flexibility index (Phi) is 3.27. The molecule has 0 bridgehead atoms. The minimum atomic E-state index is -0.278. The lowest BCUT2D eigenvalue weighted by atomic mass is 10.2. The van der Waals surface area contributed by atoms with E-state index in [0.717, 1.165) is 11.4 Å². The van der Waals surface area contributed by atoms with Gasteiger partial charge < -0.3 is 9.88 Å². The van der Waals surface area contributed by atoms with E-state index >= 15 is 0 Å². The van der Waals surface area contributed by atoms with E-state index in [4.69, 9.17) is 0 Å². The van der Waals surface area contributed by atoms with E-state index in [0.29, 0.717) is 5.70 Å². The van der Waals surface area contributed by atoms with Crippen molar-refractivity contribution < 1.29 is 9.59 Å². The van der Waals surface area contributed by atoms with Crippen LogP contribution < -0.4 is 5.32 Å². The molecule has 0 saturated heterocycles. The Hall–Kier alpha value is -2.89. The summed E-state index contributed by atoms with van der Waals surface area (Å²) in [6, 6.07) is 7.72. The van der Waals surface area contributed by atoms with E-state index in [-0.39, 0.29) is 18.4 Å². The first kappa shape index (κ1) is 13.1. The predicted octanol–water partition coefficient (Wildman–Crippen LogP) is 1.56. The van der Waals surface area contributed by atoms with Gasteiger partial charge in [0.1, 0.15) is 0 Å². The second-order valence-electron chi connectivity index (χ2n) is 4.75. The standard InChI is InChI=1S/C15H14N4O2/c1-11(20)19-9-13(8-15(19)21)17-12-2-4-14(5-3-12)18-7-6-16-10-18/h2-8,10,17H,9H2,1H3. The van der Waals surface area contributed by atoms with Gasteiger partial charge in [0.05, 0.1) is 12.9 Å². The summed E-state index contributed by atoms with van der Waals surface area (Å²) in [4.78, 5) is 28.1. The molecule has 0 fully saturated rings. The van der Waals surface area contributed by atoms with Gasteiger partial charge in [-0.3, -0.25) is 14.5 Å². The Morgan fingerprint density at radius 1 is 1.29 bits per heavy atom. The lowest BCUT2D eigenvalue weighted by molar-refractivity contribution is -0.138. The summed E-state index contributed by atoms with van der Waals surface area (Å²) in [5.41, 5.74) is 2.58. The summed E-state index contributed by atoms with van der Waals surface area (Å²) in [6.07, 6.45) is 6.76. The maximum Gasteiger partial charge on any atom is 0.255 e. The highest BCUT2D eigenvalue weighted by molar-refractivity contribution is 6.03. The van der Waals surface area contributed by atoms with Crippen LogP contribution in [0.3, 0.4) is 0 Å². The lowest BCUT2D eigenvalue weighted by Crippen LogP contribution is -2.31. The smallest absolute Gasteiger partial charge is 0.255 e. The first-order chi connectivity index (χ1) is 10.1. The van der Waals surface area contributed by atoms with Gasteiger partial charge in [0, 0.05) is 42.5 Å². The Morgan fingerprint density at radius 2 is 2.05 bits per heavy atom. The van der Waals surface area contributed by atoms with Gasteiger partial charge in [-0.15, -0.1) is 0 Å². The van der Waals surface area contributed by atoms with Crippen LogP contribution in [0.4, 0.5) is 5.69 Å². The van der Waals surface area contributed by atoms with Crippen molar-refractivity contribution in [1.29, 1.82) is 0 Å². The molecule has 0 radical (unpaired) electrons. The van der Waals surface area contributed by atoms with Crippen LogP contribution in [0.15, 0.2) is 54.8 Å². The molecule has 0 unspecified atom stereocenters. The summed E-state index contributed by atoms with van der Waals surface area (Å²) in [5, 5.41) is 3.15. The maximum atomic E-state index is 11.6. The quantitative estimate of drug-likeness (QED) is 0.927. The van der Waals surface area contributed by atoms with Crippen LogP contribution in [0.5, 0.6) is 0 Å². The van der Waals surface area contributed by atoms with Crippen LogP contribution in [0.25, 0.3) is 5.69 Å². The van der Waals surface area contributed by atoms with Crippen LogP contribution in [-0.4, -0.2) is 32.8 Å². The van der Waals surface area contributed by atoms with Gasteiger partial charge in [-0.05, 0) is 24.3 Å². The largest absolute Gasteiger partial charge is 0.357 e. The van der Waals surface area contributed by atoms with Gasteiger partial charge in [-0.1, -0.05) is 0 Å². The number of hydrogen-bond donors (Lipinski definition) is 1. The summed E-state index contributed by atoms with van der Waals surface area (Å²) in [5.74, 6) is -0.524. The van der Waals surface area contributed by atoms with Crippen molar-refractivity contribution in [2.45, 2.75) is 6.92 Å². The molecule has 2 amide bonds. The number of benzene rings is 1. The Balaban J connectivity index is 1.71. The van der Waals surface area contributed by atoms with Crippen LogP contribution in [0.1, 0.15) is 6.92 Å². The fourth-order valence-electron chi connectivity index (χ4n) is 2.18. The second kappa shape index (κ2) is 5.24. The number of imide groups is 1. The van der Waals surface area contributed by atoms with E-state index in [1.165, 1.54) is 17.9 Å². The molecule has 2 heterocycles. The number of carbonyl (C=O) groups excluding carboxylic acids is 2. The molecule has 106 valence electrons. The normalized spacial score (nSPS) is 14.2. The molecular formula is C15H14N4O2. The van der Waals surface area contributed by atoms with Crippen molar-refractivity contribution in [3.8, 4) is 5.69 Å². The van der Waals surface area contributed by atoms with Crippen molar-refractivity contribution >= 4 is 17.5 Å². The van der Waals surface area contributed by atoms with Crippen molar-refractivity contribution in [3.05, 3.63) is 54.8 Å². The zero-order valence-corrected chi connectivity index (χ0v) is 11.5. The van der Waals surface area contributed by atoms with Crippen molar-refractivity contribution in [2.75, 3.05) is 11.9 Å². The van der Waals surface area contributed by atoms with E-state index in [1.807, 2.05) is 35.0 Å². The highest BCUT2D eigenvalue weighted by Gasteiger charge is 2.24. The predicted molar refractivity (Wildman–Crippen MR) is 77.7 cm³/mol. The minimum absolute atomic E-state index is 0.247. The van der Waals surface area contributed by atoms with Crippen molar-refractivity contribution in [2.24, 2.45) is 0 Å². The average molecular weight is 282 g/mol. The molecule has 1 N–H and O–H groups in total. The fraction of sp³-hybridized carbons (Fsp3) is 0.133.